The third-order valence-electron chi connectivity index (χ3n) is 2.65. The predicted molar refractivity (Wildman–Crippen MR) is 84.1 cm³/mol. The average Bonchev–Trinajstić information content (AvgIpc) is 2.48. The lowest BCUT2D eigenvalue weighted by Gasteiger charge is -2.02. The Hall–Kier alpha value is -2.65. The van der Waals surface area contributed by atoms with Gasteiger partial charge in [0.2, 0.25) is 0 Å². The first-order chi connectivity index (χ1) is 10.0. The van der Waals surface area contributed by atoms with E-state index in [0.29, 0.717) is 11.3 Å². The van der Waals surface area contributed by atoms with Crippen molar-refractivity contribution < 1.29 is 10.0 Å². The Morgan fingerprint density at radius 3 is 2.81 bits per heavy atom. The van der Waals surface area contributed by atoms with Crippen molar-refractivity contribution >= 4 is 33.5 Å². The molecule has 0 saturated carbocycles. The summed E-state index contributed by atoms with van der Waals surface area (Å²) in [6, 6.07) is 9.42. The molecule has 0 radical (unpaired) electrons. The van der Waals surface area contributed by atoms with Gasteiger partial charge in [0.05, 0.1) is 15.1 Å². The lowest BCUT2D eigenvalue weighted by molar-refractivity contribution is -0.385. The van der Waals surface area contributed by atoms with Crippen molar-refractivity contribution in [1.82, 2.24) is 0 Å². The number of non-ortho nitro benzene ring substituents is 1. The van der Waals surface area contributed by atoms with Crippen LogP contribution in [0.4, 0.5) is 11.4 Å². The first-order valence-corrected chi connectivity index (χ1v) is 6.58. The normalized spacial score (nSPS) is 10.5. The second-order valence-corrected chi connectivity index (χ2v) is 4.93. The van der Waals surface area contributed by atoms with E-state index in [0.717, 1.165) is 0 Å². The van der Waals surface area contributed by atoms with Crippen molar-refractivity contribution in [1.29, 1.82) is 0 Å². The molecule has 0 unspecified atom stereocenters. The maximum absolute atomic E-state index is 10.8. The standard InChI is InChI=1S/C15H9BrN2O3/c1-2-10-4-3-5-12(6-10)17-9-11-7-13(18(20)21)8-14(16)15(11)19/h1,3-9,19H/b17-9+. The van der Waals surface area contributed by atoms with Crippen molar-refractivity contribution in [2.24, 2.45) is 4.99 Å². The molecule has 0 aromatic heterocycles. The van der Waals surface area contributed by atoms with Crippen molar-refractivity contribution in [2.45, 2.75) is 0 Å². The lowest BCUT2D eigenvalue weighted by atomic mass is 10.2. The van der Waals surface area contributed by atoms with Crippen molar-refractivity contribution in [3.05, 3.63) is 62.1 Å². The topological polar surface area (TPSA) is 75.7 Å². The molecule has 0 saturated heterocycles. The fourth-order valence-electron chi connectivity index (χ4n) is 1.63. The number of halogens is 1. The summed E-state index contributed by atoms with van der Waals surface area (Å²) in [6.45, 7) is 0. The molecule has 6 heteroatoms. The highest BCUT2D eigenvalue weighted by atomic mass is 79.9. The number of aliphatic imine (C=N–C) groups is 1. The van der Waals surface area contributed by atoms with Crippen LogP contribution in [0.3, 0.4) is 0 Å². The molecule has 5 nitrogen and oxygen atoms in total. The molecule has 21 heavy (non-hydrogen) atoms. The van der Waals surface area contributed by atoms with Crippen molar-refractivity contribution in [3.63, 3.8) is 0 Å². The SMILES string of the molecule is C#Cc1cccc(/N=C/c2cc([N+](=O)[O-])cc(Br)c2O)c1. The zero-order valence-electron chi connectivity index (χ0n) is 10.7. The molecule has 0 aliphatic carbocycles. The molecule has 0 fully saturated rings. The summed E-state index contributed by atoms with van der Waals surface area (Å²) in [5.74, 6) is 2.38. The van der Waals surface area contributed by atoms with E-state index in [4.69, 9.17) is 6.42 Å². The minimum atomic E-state index is -0.541. The summed E-state index contributed by atoms with van der Waals surface area (Å²) in [6.07, 6.45) is 6.65. The number of terminal acetylenes is 1. The minimum absolute atomic E-state index is 0.113. The zero-order chi connectivity index (χ0) is 15.4. The number of nitrogens with zero attached hydrogens (tertiary/aromatic N) is 2. The van der Waals surface area contributed by atoms with E-state index in [2.05, 4.69) is 26.8 Å². The summed E-state index contributed by atoms with van der Waals surface area (Å²) >= 11 is 3.07. The van der Waals surface area contributed by atoms with Crippen LogP contribution in [0, 0.1) is 22.5 Å². The summed E-state index contributed by atoms with van der Waals surface area (Å²) in [7, 11) is 0. The number of phenols is 1. The molecule has 0 amide bonds. The minimum Gasteiger partial charge on any atom is -0.506 e. The molecule has 104 valence electrons. The van der Waals surface area contributed by atoms with Gasteiger partial charge in [-0.1, -0.05) is 12.0 Å². The summed E-state index contributed by atoms with van der Waals surface area (Å²) in [4.78, 5) is 14.4. The van der Waals surface area contributed by atoms with Crippen molar-refractivity contribution in [3.8, 4) is 18.1 Å². The van der Waals surface area contributed by atoms with E-state index in [9.17, 15) is 15.2 Å². The van der Waals surface area contributed by atoms with Gasteiger partial charge in [-0.05, 0) is 34.1 Å². The smallest absolute Gasteiger partial charge is 0.271 e. The molecule has 2 aromatic rings. The van der Waals surface area contributed by atoms with Crippen LogP contribution in [-0.2, 0) is 0 Å². The molecular weight excluding hydrogens is 336 g/mol. The quantitative estimate of drug-likeness (QED) is 0.398. The number of hydrogen-bond acceptors (Lipinski definition) is 4. The first kappa shape index (κ1) is 14.8. The first-order valence-electron chi connectivity index (χ1n) is 5.79. The Bertz CT molecular complexity index is 779. The van der Waals surface area contributed by atoms with E-state index < -0.39 is 4.92 Å². The summed E-state index contributed by atoms with van der Waals surface area (Å²) < 4.78 is 0.232. The Labute approximate surface area is 129 Å². The summed E-state index contributed by atoms with van der Waals surface area (Å²) in [5, 5.41) is 20.7. The number of phenolic OH excluding ortho intramolecular Hbond substituents is 1. The Morgan fingerprint density at radius 2 is 2.14 bits per heavy atom. The molecule has 0 heterocycles. The third kappa shape index (κ3) is 3.46. The summed E-state index contributed by atoms with van der Waals surface area (Å²) in [5.41, 5.74) is 1.36. The third-order valence-corrected chi connectivity index (χ3v) is 3.26. The van der Waals surface area contributed by atoms with Gasteiger partial charge in [-0.15, -0.1) is 6.42 Å². The van der Waals surface area contributed by atoms with Crippen molar-refractivity contribution in [2.75, 3.05) is 0 Å². The Balaban J connectivity index is 2.40. The second kappa shape index (κ2) is 6.20. The number of nitro groups is 1. The van der Waals surface area contributed by atoms with Gasteiger partial charge >= 0.3 is 0 Å². The molecule has 0 bridgehead atoms. The van der Waals surface area contributed by atoms with Gasteiger partial charge in [-0.3, -0.25) is 15.1 Å². The van der Waals surface area contributed by atoms with Crippen LogP contribution in [-0.4, -0.2) is 16.2 Å². The monoisotopic (exact) mass is 344 g/mol. The van der Waals surface area contributed by atoms with Crippen LogP contribution >= 0.6 is 15.9 Å². The van der Waals surface area contributed by atoms with Crippen LogP contribution in [0.2, 0.25) is 0 Å². The highest BCUT2D eigenvalue weighted by Gasteiger charge is 2.13. The highest BCUT2D eigenvalue weighted by molar-refractivity contribution is 9.10. The lowest BCUT2D eigenvalue weighted by Crippen LogP contribution is -1.91. The van der Waals surface area contributed by atoms with Crippen LogP contribution in [0.5, 0.6) is 5.75 Å². The molecule has 0 atom stereocenters. The molecule has 0 spiro atoms. The Kier molecular flexibility index (Phi) is 4.36. The van der Waals surface area contributed by atoms with Crippen LogP contribution in [0.15, 0.2) is 45.9 Å². The van der Waals surface area contributed by atoms with Gasteiger partial charge in [0, 0.05) is 29.5 Å². The van der Waals surface area contributed by atoms with E-state index in [-0.39, 0.29) is 21.5 Å². The van der Waals surface area contributed by atoms with Crippen LogP contribution in [0.1, 0.15) is 11.1 Å². The van der Waals surface area contributed by atoms with Gasteiger partial charge in [0.1, 0.15) is 5.75 Å². The average molecular weight is 345 g/mol. The van der Waals surface area contributed by atoms with Gasteiger partial charge in [-0.25, -0.2) is 0 Å². The molecular formula is C15H9BrN2O3. The number of nitro benzene ring substituents is 1. The number of benzene rings is 2. The van der Waals surface area contributed by atoms with Gasteiger partial charge < -0.3 is 5.11 Å². The largest absolute Gasteiger partial charge is 0.506 e. The predicted octanol–water partition coefficient (Wildman–Crippen LogP) is 3.79. The fourth-order valence-corrected chi connectivity index (χ4v) is 2.09. The molecule has 2 rings (SSSR count). The maximum atomic E-state index is 10.8. The second-order valence-electron chi connectivity index (χ2n) is 4.08. The highest BCUT2D eigenvalue weighted by Crippen LogP contribution is 2.31. The molecule has 2 aromatic carbocycles. The number of rotatable bonds is 3. The van der Waals surface area contributed by atoms with Crippen LogP contribution < -0.4 is 0 Å². The fraction of sp³-hybridized carbons (Fsp3) is 0. The van der Waals surface area contributed by atoms with E-state index >= 15 is 0 Å². The Morgan fingerprint density at radius 1 is 1.38 bits per heavy atom. The zero-order valence-corrected chi connectivity index (χ0v) is 12.2. The van der Waals surface area contributed by atoms with Crippen LogP contribution in [0.25, 0.3) is 0 Å². The number of hydrogen-bond donors (Lipinski definition) is 1. The van der Waals surface area contributed by atoms with Gasteiger partial charge in [0.15, 0.2) is 0 Å². The molecule has 0 aliphatic heterocycles. The van der Waals surface area contributed by atoms with E-state index in [1.54, 1.807) is 24.3 Å². The van der Waals surface area contributed by atoms with E-state index in [1.165, 1.54) is 18.3 Å². The molecule has 1 N–H and O–H groups in total. The van der Waals surface area contributed by atoms with E-state index in [1.807, 2.05) is 0 Å². The maximum Gasteiger partial charge on any atom is 0.271 e. The molecule has 0 aliphatic rings. The number of aromatic hydroxyl groups is 1. The van der Waals surface area contributed by atoms with Gasteiger partial charge in [-0.2, -0.15) is 0 Å². The van der Waals surface area contributed by atoms with Gasteiger partial charge in [0.25, 0.3) is 5.69 Å².